The van der Waals surface area contributed by atoms with Gasteiger partial charge in [0.2, 0.25) is 11.8 Å². The summed E-state index contributed by atoms with van der Waals surface area (Å²) in [5, 5.41) is 4.08. The number of carbonyl (C=O) groups is 2. The summed E-state index contributed by atoms with van der Waals surface area (Å²) in [5.41, 5.74) is 1.00. The molecule has 0 bridgehead atoms. The lowest BCUT2D eigenvalue weighted by atomic mass is 10.0. The Balaban J connectivity index is 1.95. The van der Waals surface area contributed by atoms with Crippen molar-refractivity contribution in [3.63, 3.8) is 0 Å². The van der Waals surface area contributed by atoms with Crippen molar-refractivity contribution in [2.45, 2.75) is 25.7 Å². The van der Waals surface area contributed by atoms with Gasteiger partial charge in [0.25, 0.3) is 0 Å². The van der Waals surface area contributed by atoms with Crippen molar-refractivity contribution in [2.75, 3.05) is 6.54 Å². The third-order valence-electron chi connectivity index (χ3n) is 3.37. The van der Waals surface area contributed by atoms with E-state index >= 15 is 0 Å². The van der Waals surface area contributed by atoms with Gasteiger partial charge >= 0.3 is 0 Å². The van der Waals surface area contributed by atoms with E-state index in [1.807, 2.05) is 13.2 Å². The first-order valence-corrected chi connectivity index (χ1v) is 6.54. The number of aryl methyl sites for hydroxylation is 1. The van der Waals surface area contributed by atoms with E-state index in [9.17, 15) is 9.59 Å². The standard InChI is InChI=1S/C14H19N3O2/c1-3-4-5-6-17-13(18)8-12(14(17)19)7-11-9-15-16(2)10-11/h3,9-10,12H,1,4-8H2,2H3. The number of hydrogen-bond donors (Lipinski definition) is 0. The van der Waals surface area contributed by atoms with Crippen LogP contribution in [0.5, 0.6) is 0 Å². The van der Waals surface area contributed by atoms with Gasteiger partial charge < -0.3 is 0 Å². The maximum absolute atomic E-state index is 12.2. The van der Waals surface area contributed by atoms with Crippen LogP contribution in [-0.4, -0.2) is 33.0 Å². The first-order chi connectivity index (χ1) is 9.11. The number of carbonyl (C=O) groups excluding carboxylic acids is 2. The highest BCUT2D eigenvalue weighted by atomic mass is 16.2. The van der Waals surface area contributed by atoms with E-state index in [0.29, 0.717) is 19.4 Å². The van der Waals surface area contributed by atoms with Gasteiger partial charge in [-0.3, -0.25) is 19.2 Å². The average molecular weight is 261 g/mol. The molecule has 1 aliphatic rings. The molecule has 2 heterocycles. The van der Waals surface area contributed by atoms with Gasteiger partial charge in [0.05, 0.1) is 12.1 Å². The van der Waals surface area contributed by atoms with Crippen LogP contribution in [0.3, 0.4) is 0 Å². The molecule has 0 spiro atoms. The van der Waals surface area contributed by atoms with Crippen molar-refractivity contribution in [1.29, 1.82) is 0 Å². The predicted octanol–water partition coefficient (Wildman–Crippen LogP) is 1.30. The molecule has 2 amide bonds. The molecule has 1 atom stereocenters. The van der Waals surface area contributed by atoms with Gasteiger partial charge in [-0.2, -0.15) is 5.10 Å². The van der Waals surface area contributed by atoms with Gasteiger partial charge in [0.15, 0.2) is 0 Å². The Morgan fingerprint density at radius 1 is 1.53 bits per heavy atom. The molecule has 1 unspecified atom stereocenters. The molecule has 5 nitrogen and oxygen atoms in total. The number of amides is 2. The van der Waals surface area contributed by atoms with Crippen LogP contribution >= 0.6 is 0 Å². The molecule has 0 radical (unpaired) electrons. The van der Waals surface area contributed by atoms with E-state index in [0.717, 1.165) is 18.4 Å². The van der Waals surface area contributed by atoms with E-state index in [4.69, 9.17) is 0 Å². The summed E-state index contributed by atoms with van der Waals surface area (Å²) in [5.74, 6) is -0.318. The summed E-state index contributed by atoms with van der Waals surface area (Å²) in [6, 6.07) is 0. The number of imide groups is 1. The van der Waals surface area contributed by atoms with Crippen LogP contribution in [0.15, 0.2) is 25.0 Å². The molecule has 1 aliphatic heterocycles. The largest absolute Gasteiger partial charge is 0.282 e. The number of nitrogens with zero attached hydrogens (tertiary/aromatic N) is 3. The summed E-state index contributed by atoms with van der Waals surface area (Å²) >= 11 is 0. The maximum Gasteiger partial charge on any atom is 0.233 e. The van der Waals surface area contributed by atoms with Crippen LogP contribution in [0.4, 0.5) is 0 Å². The number of aromatic nitrogens is 2. The minimum absolute atomic E-state index is 0.0436. The molecule has 0 saturated carbocycles. The molecular weight excluding hydrogens is 242 g/mol. The Labute approximate surface area is 112 Å². The van der Waals surface area contributed by atoms with Crippen molar-refractivity contribution < 1.29 is 9.59 Å². The van der Waals surface area contributed by atoms with Crippen molar-refractivity contribution in [2.24, 2.45) is 13.0 Å². The fourth-order valence-electron chi connectivity index (χ4n) is 2.40. The zero-order valence-electron chi connectivity index (χ0n) is 11.2. The molecule has 1 fully saturated rings. The summed E-state index contributed by atoms with van der Waals surface area (Å²) in [4.78, 5) is 25.4. The van der Waals surface area contributed by atoms with Crippen molar-refractivity contribution in [3.05, 3.63) is 30.6 Å². The predicted molar refractivity (Wildman–Crippen MR) is 71.2 cm³/mol. The highest BCUT2D eigenvalue weighted by Gasteiger charge is 2.37. The third-order valence-corrected chi connectivity index (χ3v) is 3.37. The third kappa shape index (κ3) is 3.10. The number of likely N-dealkylation sites (tertiary alicyclic amines) is 1. The number of unbranched alkanes of at least 4 members (excludes halogenated alkanes) is 1. The molecule has 0 N–H and O–H groups in total. The highest BCUT2D eigenvalue weighted by molar-refractivity contribution is 6.03. The zero-order valence-corrected chi connectivity index (χ0v) is 11.2. The quantitative estimate of drug-likeness (QED) is 0.440. The minimum Gasteiger partial charge on any atom is -0.282 e. The number of rotatable bonds is 6. The Morgan fingerprint density at radius 2 is 2.32 bits per heavy atom. The lowest BCUT2D eigenvalue weighted by molar-refractivity contribution is -0.139. The molecule has 19 heavy (non-hydrogen) atoms. The molecule has 1 aromatic heterocycles. The number of hydrogen-bond acceptors (Lipinski definition) is 3. The SMILES string of the molecule is C=CCCCN1C(=O)CC(Cc2cnn(C)c2)C1=O. The van der Waals surface area contributed by atoms with Crippen LogP contribution < -0.4 is 0 Å². The lowest BCUT2D eigenvalue weighted by Gasteiger charge is -2.14. The van der Waals surface area contributed by atoms with Gasteiger partial charge in [-0.1, -0.05) is 6.08 Å². The molecule has 0 aromatic carbocycles. The topological polar surface area (TPSA) is 55.2 Å². The van der Waals surface area contributed by atoms with Gasteiger partial charge in [-0.05, 0) is 24.8 Å². The zero-order chi connectivity index (χ0) is 13.8. The average Bonchev–Trinajstić information content (AvgIpc) is 2.88. The second-order valence-electron chi connectivity index (χ2n) is 4.94. The second kappa shape index (κ2) is 5.82. The van der Waals surface area contributed by atoms with Crippen LogP contribution in [0.1, 0.15) is 24.8 Å². The molecule has 0 aliphatic carbocycles. The van der Waals surface area contributed by atoms with Crippen LogP contribution in [0, 0.1) is 5.92 Å². The van der Waals surface area contributed by atoms with Gasteiger partial charge in [0.1, 0.15) is 0 Å². The Kier molecular flexibility index (Phi) is 4.14. The first kappa shape index (κ1) is 13.5. The van der Waals surface area contributed by atoms with Crippen molar-refractivity contribution in [3.8, 4) is 0 Å². The van der Waals surface area contributed by atoms with E-state index < -0.39 is 0 Å². The molecule has 1 aromatic rings. The minimum atomic E-state index is -0.222. The summed E-state index contributed by atoms with van der Waals surface area (Å²) in [6.45, 7) is 4.15. The van der Waals surface area contributed by atoms with E-state index in [2.05, 4.69) is 11.7 Å². The van der Waals surface area contributed by atoms with Crippen molar-refractivity contribution in [1.82, 2.24) is 14.7 Å². The second-order valence-corrected chi connectivity index (χ2v) is 4.94. The highest BCUT2D eigenvalue weighted by Crippen LogP contribution is 2.23. The summed E-state index contributed by atoms with van der Waals surface area (Å²) in [7, 11) is 1.84. The summed E-state index contributed by atoms with van der Waals surface area (Å²) < 4.78 is 1.71. The fourth-order valence-corrected chi connectivity index (χ4v) is 2.40. The Bertz CT molecular complexity index is 493. The molecule has 102 valence electrons. The van der Waals surface area contributed by atoms with Crippen LogP contribution in [0.2, 0.25) is 0 Å². The Morgan fingerprint density at radius 3 is 2.95 bits per heavy atom. The Hall–Kier alpha value is -1.91. The fraction of sp³-hybridized carbons (Fsp3) is 0.500. The first-order valence-electron chi connectivity index (χ1n) is 6.54. The lowest BCUT2D eigenvalue weighted by Crippen LogP contribution is -2.31. The van der Waals surface area contributed by atoms with Crippen LogP contribution in [-0.2, 0) is 23.1 Å². The number of allylic oxidation sites excluding steroid dienone is 1. The van der Waals surface area contributed by atoms with Gasteiger partial charge in [-0.25, -0.2) is 0 Å². The monoisotopic (exact) mass is 261 g/mol. The smallest absolute Gasteiger partial charge is 0.233 e. The molecule has 5 heteroatoms. The van der Waals surface area contributed by atoms with E-state index in [1.165, 1.54) is 4.90 Å². The van der Waals surface area contributed by atoms with Crippen molar-refractivity contribution >= 4 is 11.8 Å². The van der Waals surface area contributed by atoms with E-state index in [1.54, 1.807) is 17.0 Å². The van der Waals surface area contributed by atoms with Crippen LogP contribution in [0.25, 0.3) is 0 Å². The van der Waals surface area contributed by atoms with E-state index in [-0.39, 0.29) is 17.7 Å². The normalized spacial score (nSPS) is 19.2. The van der Waals surface area contributed by atoms with Gasteiger partial charge in [0, 0.05) is 26.2 Å². The molecule has 1 saturated heterocycles. The summed E-state index contributed by atoms with van der Waals surface area (Å²) in [6.07, 6.45) is 7.97. The van der Waals surface area contributed by atoms with Gasteiger partial charge in [-0.15, -0.1) is 6.58 Å². The molecule has 2 rings (SSSR count). The molecular formula is C14H19N3O2. The maximum atomic E-state index is 12.2.